The van der Waals surface area contributed by atoms with Gasteiger partial charge < -0.3 is 4.74 Å². The van der Waals surface area contributed by atoms with Crippen molar-refractivity contribution in [2.24, 2.45) is 17.8 Å². The minimum absolute atomic E-state index is 0.292. The topological polar surface area (TPSA) is 55.4 Å². The van der Waals surface area contributed by atoms with Crippen molar-refractivity contribution in [2.45, 2.75) is 48.8 Å². The van der Waals surface area contributed by atoms with E-state index < -0.39 is 10.0 Å². The fourth-order valence-electron chi connectivity index (χ4n) is 6.32. The van der Waals surface area contributed by atoms with E-state index in [0.29, 0.717) is 21.7 Å². The van der Waals surface area contributed by atoms with Crippen LogP contribution in [0.2, 0.25) is 0 Å². The summed E-state index contributed by atoms with van der Waals surface area (Å²) in [6.45, 7) is 0. The molecule has 4 fully saturated rings. The predicted octanol–water partition coefficient (Wildman–Crippen LogP) is 4.96. The molecule has 0 aliphatic heterocycles. The first-order valence-electron chi connectivity index (χ1n) is 10.2. The van der Waals surface area contributed by atoms with Crippen molar-refractivity contribution in [1.29, 1.82) is 0 Å². The molecule has 0 unspecified atom stereocenters. The largest absolute Gasteiger partial charge is 0.497 e. The molecule has 4 nitrogen and oxygen atoms in total. The second-order valence-corrected chi connectivity index (χ2v) is 10.7. The maximum absolute atomic E-state index is 12.8. The van der Waals surface area contributed by atoms with Gasteiger partial charge in [0, 0.05) is 5.69 Å². The summed E-state index contributed by atoms with van der Waals surface area (Å²) in [5.74, 6) is 3.34. The smallest absolute Gasteiger partial charge is 0.261 e. The molecule has 4 bridgehead atoms. The highest BCUT2D eigenvalue weighted by Crippen LogP contribution is 2.60. The molecule has 148 valence electrons. The standard InChI is InChI=1S/C23H27NO3S/c1-27-21-6-4-20(5-7-21)24-28(25,26)22-8-2-19(3-9-22)23-13-16-10-17(14-23)12-18(11-16)15-23/h2-9,16-18,24H,10-15H2,1H3. The molecule has 4 aliphatic carbocycles. The van der Waals surface area contributed by atoms with E-state index in [1.165, 1.54) is 44.1 Å². The van der Waals surface area contributed by atoms with Crippen LogP contribution in [0.3, 0.4) is 0 Å². The van der Waals surface area contributed by atoms with E-state index in [2.05, 4.69) is 16.9 Å². The van der Waals surface area contributed by atoms with Gasteiger partial charge in [-0.2, -0.15) is 0 Å². The molecule has 0 amide bonds. The molecule has 6 rings (SSSR count). The highest BCUT2D eigenvalue weighted by atomic mass is 32.2. The molecule has 28 heavy (non-hydrogen) atoms. The van der Waals surface area contributed by atoms with Crippen molar-refractivity contribution >= 4 is 15.7 Å². The number of hydrogen-bond donors (Lipinski definition) is 1. The Labute approximate surface area is 167 Å². The number of hydrogen-bond acceptors (Lipinski definition) is 3. The van der Waals surface area contributed by atoms with Crippen molar-refractivity contribution in [3.05, 3.63) is 54.1 Å². The fourth-order valence-corrected chi connectivity index (χ4v) is 7.38. The first kappa shape index (κ1) is 18.0. The third-order valence-electron chi connectivity index (χ3n) is 7.16. The average Bonchev–Trinajstić information content (AvgIpc) is 2.67. The van der Waals surface area contributed by atoms with Crippen LogP contribution in [0, 0.1) is 17.8 Å². The zero-order valence-corrected chi connectivity index (χ0v) is 17.0. The summed E-state index contributed by atoms with van der Waals surface area (Å²) in [6, 6.07) is 14.6. The Hall–Kier alpha value is -2.01. The van der Waals surface area contributed by atoms with Gasteiger partial charge in [0.05, 0.1) is 12.0 Å². The maximum Gasteiger partial charge on any atom is 0.261 e. The summed E-state index contributed by atoms with van der Waals surface area (Å²) in [6.07, 6.45) is 8.10. The van der Waals surface area contributed by atoms with Gasteiger partial charge in [-0.3, -0.25) is 4.72 Å². The van der Waals surface area contributed by atoms with Gasteiger partial charge in [-0.25, -0.2) is 8.42 Å². The summed E-state index contributed by atoms with van der Waals surface area (Å²) in [4.78, 5) is 0.316. The maximum atomic E-state index is 12.8. The second kappa shape index (κ2) is 6.51. The van der Waals surface area contributed by atoms with E-state index in [1.54, 1.807) is 43.5 Å². The number of anilines is 1. The van der Waals surface area contributed by atoms with Gasteiger partial charge in [0.1, 0.15) is 5.75 Å². The van der Waals surface area contributed by atoms with Crippen molar-refractivity contribution < 1.29 is 13.2 Å². The molecular formula is C23H27NO3S. The second-order valence-electron chi connectivity index (χ2n) is 9.06. The quantitative estimate of drug-likeness (QED) is 0.775. The molecular weight excluding hydrogens is 370 g/mol. The molecule has 0 radical (unpaired) electrons. The molecule has 5 heteroatoms. The molecule has 4 aliphatic rings. The van der Waals surface area contributed by atoms with Gasteiger partial charge >= 0.3 is 0 Å². The van der Waals surface area contributed by atoms with E-state index in [9.17, 15) is 8.42 Å². The number of rotatable bonds is 5. The lowest BCUT2D eigenvalue weighted by atomic mass is 9.48. The number of benzene rings is 2. The molecule has 0 saturated heterocycles. The van der Waals surface area contributed by atoms with Gasteiger partial charge in [0.2, 0.25) is 0 Å². The lowest BCUT2D eigenvalue weighted by molar-refractivity contribution is -0.00521. The Balaban J connectivity index is 1.37. The first-order valence-corrected chi connectivity index (χ1v) is 11.7. The summed E-state index contributed by atoms with van der Waals surface area (Å²) in [5, 5.41) is 0. The van der Waals surface area contributed by atoms with Crippen LogP contribution >= 0.6 is 0 Å². The molecule has 0 heterocycles. The number of nitrogens with one attached hydrogen (secondary N) is 1. The Morgan fingerprint density at radius 2 is 1.39 bits per heavy atom. The average molecular weight is 398 g/mol. The SMILES string of the molecule is COc1ccc(NS(=O)(=O)c2ccc(C34CC5CC(CC(C5)C3)C4)cc2)cc1. The van der Waals surface area contributed by atoms with E-state index in [4.69, 9.17) is 4.74 Å². The van der Waals surface area contributed by atoms with E-state index in [-0.39, 0.29) is 0 Å². The van der Waals surface area contributed by atoms with Crippen LogP contribution in [-0.4, -0.2) is 15.5 Å². The van der Waals surface area contributed by atoms with Crippen LogP contribution in [-0.2, 0) is 15.4 Å². The number of ether oxygens (including phenoxy) is 1. The minimum Gasteiger partial charge on any atom is -0.497 e. The fraction of sp³-hybridized carbons (Fsp3) is 0.478. The van der Waals surface area contributed by atoms with Crippen LogP contribution in [0.25, 0.3) is 0 Å². The third-order valence-corrected chi connectivity index (χ3v) is 8.55. The molecule has 0 spiro atoms. The first-order chi connectivity index (χ1) is 13.5. The van der Waals surface area contributed by atoms with Crippen molar-refractivity contribution in [1.82, 2.24) is 0 Å². The monoisotopic (exact) mass is 397 g/mol. The minimum atomic E-state index is -3.60. The molecule has 1 N–H and O–H groups in total. The van der Waals surface area contributed by atoms with E-state index in [1.807, 2.05) is 0 Å². The highest BCUT2D eigenvalue weighted by Gasteiger charge is 2.51. The van der Waals surface area contributed by atoms with Crippen LogP contribution in [0.5, 0.6) is 5.75 Å². The van der Waals surface area contributed by atoms with Gasteiger partial charge in [0.25, 0.3) is 10.0 Å². The van der Waals surface area contributed by atoms with Crippen LogP contribution in [0.4, 0.5) is 5.69 Å². The molecule has 0 atom stereocenters. The highest BCUT2D eigenvalue weighted by molar-refractivity contribution is 7.92. The van der Waals surface area contributed by atoms with Crippen molar-refractivity contribution in [2.75, 3.05) is 11.8 Å². The summed E-state index contributed by atoms with van der Waals surface area (Å²) >= 11 is 0. The van der Waals surface area contributed by atoms with E-state index in [0.717, 1.165) is 17.8 Å². The summed E-state index contributed by atoms with van der Waals surface area (Å²) in [5.41, 5.74) is 2.17. The van der Waals surface area contributed by atoms with Crippen molar-refractivity contribution in [3.8, 4) is 5.75 Å². The zero-order chi connectivity index (χ0) is 19.4. The van der Waals surface area contributed by atoms with E-state index >= 15 is 0 Å². The summed E-state index contributed by atoms with van der Waals surface area (Å²) < 4.78 is 33.3. The molecule has 4 saturated carbocycles. The van der Waals surface area contributed by atoms with Gasteiger partial charge in [-0.1, -0.05) is 12.1 Å². The normalized spacial score (nSPS) is 31.0. The van der Waals surface area contributed by atoms with Crippen LogP contribution in [0.15, 0.2) is 53.4 Å². The van der Waals surface area contributed by atoms with Crippen LogP contribution < -0.4 is 9.46 Å². The van der Waals surface area contributed by atoms with Gasteiger partial charge in [-0.15, -0.1) is 0 Å². The molecule has 2 aromatic carbocycles. The molecule has 2 aromatic rings. The van der Waals surface area contributed by atoms with Gasteiger partial charge in [-0.05, 0) is 104 Å². The Kier molecular flexibility index (Phi) is 4.20. The Bertz CT molecular complexity index is 929. The number of methoxy groups -OCH3 is 1. The third kappa shape index (κ3) is 3.10. The lowest BCUT2D eigenvalue weighted by Gasteiger charge is -2.57. The predicted molar refractivity (Wildman–Crippen MR) is 110 cm³/mol. The summed E-state index contributed by atoms with van der Waals surface area (Å²) in [7, 11) is -2.01. The lowest BCUT2D eigenvalue weighted by Crippen LogP contribution is -2.48. The Morgan fingerprint density at radius 3 is 1.89 bits per heavy atom. The van der Waals surface area contributed by atoms with Crippen molar-refractivity contribution in [3.63, 3.8) is 0 Å². The Morgan fingerprint density at radius 1 is 0.857 bits per heavy atom. The number of sulfonamides is 1. The molecule has 0 aromatic heterocycles. The zero-order valence-electron chi connectivity index (χ0n) is 16.2. The van der Waals surface area contributed by atoms with Crippen LogP contribution in [0.1, 0.15) is 44.1 Å². The van der Waals surface area contributed by atoms with Gasteiger partial charge in [0.15, 0.2) is 0 Å².